The van der Waals surface area contributed by atoms with E-state index in [9.17, 15) is 9.59 Å². The van der Waals surface area contributed by atoms with Crippen LogP contribution in [0.25, 0.3) is 11.4 Å². The van der Waals surface area contributed by atoms with Crippen LogP contribution in [0.1, 0.15) is 37.3 Å². The summed E-state index contributed by atoms with van der Waals surface area (Å²) in [5.41, 5.74) is 10.3. The molecule has 4 fully saturated rings. The molecule has 3 aliphatic heterocycles. The van der Waals surface area contributed by atoms with Gasteiger partial charge in [-0.2, -0.15) is 0 Å². The van der Waals surface area contributed by atoms with Crippen LogP contribution >= 0.6 is 0 Å². The maximum Gasteiger partial charge on any atom is 0.236 e. The van der Waals surface area contributed by atoms with E-state index in [0.29, 0.717) is 38.1 Å². The molecule has 2 aromatic heterocycles. The van der Waals surface area contributed by atoms with Gasteiger partial charge >= 0.3 is 0 Å². The second-order valence-corrected chi connectivity index (χ2v) is 12.5. The predicted octanol–water partition coefficient (Wildman–Crippen LogP) is 2.01. The van der Waals surface area contributed by atoms with Crippen LogP contribution in [0.4, 0.5) is 5.69 Å². The van der Waals surface area contributed by atoms with Crippen molar-refractivity contribution in [2.45, 2.75) is 43.8 Å². The van der Waals surface area contributed by atoms with Gasteiger partial charge in [-0.25, -0.2) is 15.4 Å². The molecule has 0 bridgehead atoms. The summed E-state index contributed by atoms with van der Waals surface area (Å²) in [4.78, 5) is 45.7. The molecule has 5 heterocycles. The summed E-state index contributed by atoms with van der Waals surface area (Å²) in [7, 11) is 0. The molecule has 1 aromatic carbocycles. The van der Waals surface area contributed by atoms with Gasteiger partial charge in [0.1, 0.15) is 0 Å². The number of aromatic nitrogens is 3. The molecule has 3 N–H and O–H groups in total. The van der Waals surface area contributed by atoms with Crippen molar-refractivity contribution in [3.8, 4) is 11.4 Å². The molecule has 11 nitrogen and oxygen atoms in total. The van der Waals surface area contributed by atoms with Crippen molar-refractivity contribution in [3.63, 3.8) is 0 Å². The molecular formula is C33H41N9O2. The Morgan fingerprint density at radius 1 is 0.864 bits per heavy atom. The average molecular weight is 596 g/mol. The highest BCUT2D eigenvalue weighted by Crippen LogP contribution is 2.38. The molecule has 3 aromatic rings. The molecule has 5 unspecified atom stereocenters. The highest BCUT2D eigenvalue weighted by Gasteiger charge is 2.42. The van der Waals surface area contributed by atoms with E-state index in [2.05, 4.69) is 77.3 Å². The Morgan fingerprint density at radius 3 is 2.41 bits per heavy atom. The van der Waals surface area contributed by atoms with Crippen LogP contribution < -0.4 is 21.1 Å². The van der Waals surface area contributed by atoms with Crippen LogP contribution in [-0.2, 0) is 9.59 Å². The van der Waals surface area contributed by atoms with Crippen LogP contribution in [0.3, 0.4) is 0 Å². The fourth-order valence-corrected chi connectivity index (χ4v) is 7.37. The fourth-order valence-electron chi connectivity index (χ4n) is 7.37. The molecule has 11 heteroatoms. The van der Waals surface area contributed by atoms with Gasteiger partial charge in [0.05, 0.1) is 18.5 Å². The van der Waals surface area contributed by atoms with E-state index < -0.39 is 0 Å². The quantitative estimate of drug-likeness (QED) is 0.377. The summed E-state index contributed by atoms with van der Waals surface area (Å²) in [6.07, 6.45) is 11.0. The van der Waals surface area contributed by atoms with Crippen molar-refractivity contribution >= 4 is 17.5 Å². The number of rotatable bonds is 7. The minimum Gasteiger partial charge on any atom is -0.368 e. The molecule has 2 amide bonds. The van der Waals surface area contributed by atoms with Crippen LogP contribution in [0.2, 0.25) is 0 Å². The lowest BCUT2D eigenvalue weighted by Gasteiger charge is -2.36. The molecule has 230 valence electrons. The van der Waals surface area contributed by atoms with Gasteiger partial charge < -0.3 is 15.1 Å². The molecule has 1 aliphatic carbocycles. The van der Waals surface area contributed by atoms with Crippen molar-refractivity contribution in [2.75, 3.05) is 50.7 Å². The van der Waals surface area contributed by atoms with E-state index in [0.717, 1.165) is 62.4 Å². The smallest absolute Gasteiger partial charge is 0.236 e. The van der Waals surface area contributed by atoms with E-state index in [1.807, 2.05) is 23.4 Å². The third kappa shape index (κ3) is 6.31. The minimum atomic E-state index is -0.0579. The molecule has 4 aliphatic rings. The summed E-state index contributed by atoms with van der Waals surface area (Å²) in [6, 6.07) is 15.1. The second-order valence-electron chi connectivity index (χ2n) is 12.5. The maximum absolute atomic E-state index is 13.3. The zero-order chi connectivity index (χ0) is 29.9. The van der Waals surface area contributed by atoms with Crippen molar-refractivity contribution in [3.05, 3.63) is 72.8 Å². The topological polar surface area (TPSA) is 119 Å². The van der Waals surface area contributed by atoms with Gasteiger partial charge in [0.25, 0.3) is 0 Å². The first-order valence-corrected chi connectivity index (χ1v) is 15.9. The lowest BCUT2D eigenvalue weighted by Crippen LogP contribution is -2.51. The monoisotopic (exact) mass is 595 g/mol. The van der Waals surface area contributed by atoms with Crippen molar-refractivity contribution < 1.29 is 9.59 Å². The third-order valence-electron chi connectivity index (χ3n) is 9.85. The van der Waals surface area contributed by atoms with Crippen molar-refractivity contribution in [2.24, 2.45) is 11.8 Å². The molecular weight excluding hydrogens is 554 g/mol. The first-order valence-electron chi connectivity index (χ1n) is 15.9. The number of carbonyl (C=O) groups excluding carboxylic acids is 2. The van der Waals surface area contributed by atoms with E-state index in [4.69, 9.17) is 0 Å². The summed E-state index contributed by atoms with van der Waals surface area (Å²) in [6.45, 7) is 4.82. The number of benzene rings is 1. The lowest BCUT2D eigenvalue weighted by atomic mass is 9.77. The van der Waals surface area contributed by atoms with Gasteiger partial charge in [0.15, 0.2) is 5.82 Å². The number of pyridine rings is 1. The number of carbonyl (C=O) groups is 2. The molecule has 0 spiro atoms. The molecule has 7 rings (SSSR count). The largest absolute Gasteiger partial charge is 0.368 e. The summed E-state index contributed by atoms with van der Waals surface area (Å²) in [5.74, 6) is 1.39. The molecule has 44 heavy (non-hydrogen) atoms. The number of anilines is 1. The number of nitrogens with zero attached hydrogens (tertiary/aromatic N) is 6. The van der Waals surface area contributed by atoms with Crippen molar-refractivity contribution in [1.29, 1.82) is 0 Å². The van der Waals surface area contributed by atoms with Gasteiger partial charge in [-0.3, -0.25) is 24.9 Å². The predicted molar refractivity (Wildman–Crippen MR) is 167 cm³/mol. The Kier molecular flexibility index (Phi) is 8.50. The first-order chi connectivity index (χ1) is 21.6. The van der Waals surface area contributed by atoms with E-state index in [1.165, 1.54) is 5.56 Å². The van der Waals surface area contributed by atoms with Gasteiger partial charge in [0, 0.05) is 80.8 Å². The number of piperazine rings is 1. The number of fused-ring (bicyclic) bond motifs is 1. The zero-order valence-corrected chi connectivity index (χ0v) is 25.0. The molecule has 3 saturated heterocycles. The Hall–Kier alpha value is -3.93. The summed E-state index contributed by atoms with van der Waals surface area (Å²) in [5, 5.41) is 3.37. The van der Waals surface area contributed by atoms with E-state index in [1.54, 1.807) is 12.4 Å². The van der Waals surface area contributed by atoms with Crippen LogP contribution in [0, 0.1) is 11.8 Å². The number of hydrazine groups is 1. The number of hydrogen-bond acceptors (Lipinski definition) is 9. The number of hydrogen-bond donors (Lipinski definition) is 3. The highest BCUT2D eigenvalue weighted by molar-refractivity contribution is 5.81. The fraction of sp³-hybridized carbons (Fsp3) is 0.485. The van der Waals surface area contributed by atoms with Crippen LogP contribution in [0.5, 0.6) is 0 Å². The molecule has 1 saturated carbocycles. The lowest BCUT2D eigenvalue weighted by molar-refractivity contribution is -0.133. The molecule has 5 atom stereocenters. The van der Waals surface area contributed by atoms with Gasteiger partial charge in [0.2, 0.25) is 11.8 Å². The number of amides is 2. The zero-order valence-electron chi connectivity index (χ0n) is 25.0. The summed E-state index contributed by atoms with van der Waals surface area (Å²) >= 11 is 0. The Balaban J connectivity index is 0.852. The summed E-state index contributed by atoms with van der Waals surface area (Å²) < 4.78 is 0. The maximum atomic E-state index is 13.3. The van der Waals surface area contributed by atoms with E-state index >= 15 is 0 Å². The number of likely N-dealkylation sites (tertiary alicyclic amines) is 1. The minimum absolute atomic E-state index is 0.0579. The first kappa shape index (κ1) is 28.8. The SMILES string of the molecule is O=C(NC1CCC2NNC(c3ccncc3)C2C1)C1CCN(CC(=O)N2CCN(c3ccc(-c4ncccn4)cc3)CC2)C1. The second kappa shape index (κ2) is 13.0. The Labute approximate surface area is 258 Å². The Morgan fingerprint density at radius 2 is 1.64 bits per heavy atom. The van der Waals surface area contributed by atoms with Gasteiger partial charge in [-0.05, 0) is 86.2 Å². The number of nitrogens with one attached hydrogen (secondary N) is 3. The van der Waals surface area contributed by atoms with Gasteiger partial charge in [-0.1, -0.05) is 0 Å². The highest BCUT2D eigenvalue weighted by atomic mass is 16.2. The Bertz CT molecular complexity index is 1420. The van der Waals surface area contributed by atoms with E-state index in [-0.39, 0.29) is 29.8 Å². The average Bonchev–Trinajstić information content (AvgIpc) is 3.73. The van der Waals surface area contributed by atoms with Crippen LogP contribution in [0.15, 0.2) is 67.3 Å². The normalized spacial score (nSPS) is 27.2. The van der Waals surface area contributed by atoms with Crippen molar-refractivity contribution in [1.82, 2.24) is 40.9 Å². The molecule has 0 radical (unpaired) electrons. The van der Waals surface area contributed by atoms with Gasteiger partial charge in [-0.15, -0.1) is 0 Å². The standard InChI is InChI=1S/C33H41N9O2/c43-30(42-18-16-41(17-19-42)27-5-2-24(3-6-27)32-35-11-1-12-36-32)22-40-15-10-25(21-40)33(44)37-26-4-7-29-28(20-26)31(39-38-29)23-8-13-34-14-9-23/h1-3,5-6,8-9,11-14,25-26,28-29,31,38-39H,4,7,10,15-22H2,(H,37,44). The van der Waals surface area contributed by atoms with Crippen LogP contribution in [-0.4, -0.2) is 94.5 Å². The third-order valence-corrected chi connectivity index (χ3v) is 9.85.